The van der Waals surface area contributed by atoms with Gasteiger partial charge in [-0.1, -0.05) is 49.6 Å². The van der Waals surface area contributed by atoms with E-state index in [0.717, 1.165) is 24.2 Å². The van der Waals surface area contributed by atoms with Gasteiger partial charge in [0.15, 0.2) is 0 Å². The van der Waals surface area contributed by atoms with Crippen LogP contribution in [-0.2, 0) is 11.3 Å². The smallest absolute Gasteiger partial charge is 0.240 e. The van der Waals surface area contributed by atoms with Crippen molar-refractivity contribution in [3.8, 4) is 0 Å². The van der Waals surface area contributed by atoms with Crippen LogP contribution in [0.5, 0.6) is 0 Å². The van der Waals surface area contributed by atoms with E-state index >= 15 is 0 Å². The van der Waals surface area contributed by atoms with Crippen molar-refractivity contribution in [1.29, 1.82) is 0 Å². The Bertz CT molecular complexity index is 616. The van der Waals surface area contributed by atoms with Crippen LogP contribution >= 0.6 is 0 Å². The quantitative estimate of drug-likeness (QED) is 0.898. The van der Waals surface area contributed by atoms with E-state index in [0.29, 0.717) is 24.4 Å². The average molecular weight is 324 g/mol. The van der Waals surface area contributed by atoms with E-state index in [1.165, 1.54) is 44.1 Å². The van der Waals surface area contributed by atoms with Gasteiger partial charge in [0.25, 0.3) is 0 Å². The monoisotopic (exact) mass is 324 g/mol. The standard InChI is InChI=1S/C21H28N2O/c24-21-18-12-6-11-16-15-9-4-5-10-17(15)20(19(16)18)22-23(21)13-14-7-2-1-3-8-14/h1-3,7-8,15-20,22H,4-6,9-13H2. The van der Waals surface area contributed by atoms with Crippen molar-refractivity contribution in [2.24, 2.45) is 29.6 Å². The highest BCUT2D eigenvalue weighted by Crippen LogP contribution is 2.57. The fourth-order valence-electron chi connectivity index (χ4n) is 6.53. The van der Waals surface area contributed by atoms with E-state index in [1.54, 1.807) is 0 Å². The van der Waals surface area contributed by atoms with Crippen LogP contribution in [0.1, 0.15) is 50.5 Å². The third-order valence-corrected chi connectivity index (χ3v) is 7.38. The lowest BCUT2D eigenvalue weighted by molar-refractivity contribution is -0.152. The molecular weight excluding hydrogens is 296 g/mol. The van der Waals surface area contributed by atoms with Gasteiger partial charge in [0.1, 0.15) is 0 Å². The van der Waals surface area contributed by atoms with Gasteiger partial charge in [0.2, 0.25) is 5.91 Å². The van der Waals surface area contributed by atoms with Gasteiger partial charge >= 0.3 is 0 Å². The third-order valence-electron chi connectivity index (χ3n) is 7.38. The van der Waals surface area contributed by atoms with E-state index in [1.807, 2.05) is 11.1 Å². The van der Waals surface area contributed by atoms with E-state index in [4.69, 9.17) is 0 Å². The van der Waals surface area contributed by atoms with E-state index in [9.17, 15) is 4.79 Å². The Morgan fingerprint density at radius 1 is 0.917 bits per heavy atom. The summed E-state index contributed by atoms with van der Waals surface area (Å²) in [5, 5.41) is 1.97. The topological polar surface area (TPSA) is 32.3 Å². The van der Waals surface area contributed by atoms with Gasteiger partial charge in [-0.15, -0.1) is 0 Å². The van der Waals surface area contributed by atoms with Crippen LogP contribution in [0.25, 0.3) is 0 Å². The van der Waals surface area contributed by atoms with Gasteiger partial charge in [-0.3, -0.25) is 9.80 Å². The Hall–Kier alpha value is -1.35. The van der Waals surface area contributed by atoms with E-state index in [2.05, 4.69) is 29.7 Å². The number of carbonyl (C=O) groups is 1. The first-order valence-corrected chi connectivity index (χ1v) is 9.94. The number of hydrogen-bond acceptors (Lipinski definition) is 2. The Morgan fingerprint density at radius 2 is 1.67 bits per heavy atom. The molecule has 1 heterocycles. The second-order valence-electron chi connectivity index (χ2n) is 8.46. The highest BCUT2D eigenvalue weighted by atomic mass is 16.2. The number of rotatable bonds is 2. The summed E-state index contributed by atoms with van der Waals surface area (Å²) in [6, 6.07) is 11.0. The molecular formula is C21H28N2O. The van der Waals surface area contributed by atoms with Crippen molar-refractivity contribution >= 4 is 5.91 Å². The Morgan fingerprint density at radius 3 is 2.50 bits per heavy atom. The Balaban J connectivity index is 1.44. The van der Waals surface area contributed by atoms with Crippen LogP contribution in [0.3, 0.4) is 0 Å². The summed E-state index contributed by atoms with van der Waals surface area (Å²) in [7, 11) is 0. The highest BCUT2D eigenvalue weighted by molar-refractivity contribution is 5.80. The fraction of sp³-hybridized carbons (Fsp3) is 0.667. The first kappa shape index (κ1) is 14.9. The maximum Gasteiger partial charge on any atom is 0.240 e. The van der Waals surface area contributed by atoms with Crippen LogP contribution in [0, 0.1) is 29.6 Å². The molecule has 6 unspecified atom stereocenters. The van der Waals surface area contributed by atoms with Crippen LogP contribution in [0.4, 0.5) is 0 Å². The number of hydrogen-bond donors (Lipinski definition) is 1. The molecule has 1 aromatic carbocycles. The van der Waals surface area contributed by atoms with Crippen LogP contribution in [-0.4, -0.2) is 17.0 Å². The Labute approximate surface area is 144 Å². The summed E-state index contributed by atoms with van der Waals surface area (Å²) >= 11 is 0. The molecule has 3 aliphatic carbocycles. The molecule has 6 atom stereocenters. The fourth-order valence-corrected chi connectivity index (χ4v) is 6.53. The van der Waals surface area contributed by atoms with Crippen molar-refractivity contribution in [2.75, 3.05) is 0 Å². The molecule has 128 valence electrons. The van der Waals surface area contributed by atoms with Gasteiger partial charge in [-0.05, 0) is 54.9 Å². The van der Waals surface area contributed by atoms with E-state index < -0.39 is 0 Å². The highest BCUT2D eigenvalue weighted by Gasteiger charge is 2.58. The summed E-state index contributed by atoms with van der Waals surface area (Å²) in [5.41, 5.74) is 4.95. The number of amides is 1. The third kappa shape index (κ3) is 2.24. The average Bonchev–Trinajstić information content (AvgIpc) is 2.95. The lowest BCUT2D eigenvalue weighted by Gasteiger charge is -2.46. The normalized spacial score (nSPS) is 41.0. The molecule has 0 spiro atoms. The molecule has 3 saturated carbocycles. The lowest BCUT2D eigenvalue weighted by Crippen LogP contribution is -2.61. The van der Waals surface area contributed by atoms with Crippen molar-refractivity contribution in [3.05, 3.63) is 35.9 Å². The summed E-state index contributed by atoms with van der Waals surface area (Å²) in [6.07, 6.45) is 9.31. The predicted octanol–water partition coefficient (Wildman–Crippen LogP) is 3.75. The number of nitrogens with one attached hydrogen (secondary N) is 1. The zero-order valence-electron chi connectivity index (χ0n) is 14.4. The molecule has 0 radical (unpaired) electrons. The molecule has 5 rings (SSSR count). The molecule has 1 aliphatic heterocycles. The molecule has 0 bridgehead atoms. The molecule has 3 heteroatoms. The minimum Gasteiger partial charge on any atom is -0.273 e. The SMILES string of the molecule is O=C1C2CCCC3C4CCCCC4C(NN1Cc1ccccc1)C23. The lowest BCUT2D eigenvalue weighted by atomic mass is 9.68. The second-order valence-corrected chi connectivity index (χ2v) is 8.46. The first-order chi connectivity index (χ1) is 11.8. The van der Waals surface area contributed by atoms with Crippen LogP contribution in [0.15, 0.2) is 30.3 Å². The van der Waals surface area contributed by atoms with Gasteiger partial charge in [0, 0.05) is 12.0 Å². The maximum absolute atomic E-state index is 13.2. The van der Waals surface area contributed by atoms with Crippen molar-refractivity contribution in [2.45, 2.75) is 57.5 Å². The number of nitrogens with zero attached hydrogens (tertiary/aromatic N) is 1. The molecule has 1 N–H and O–H groups in total. The van der Waals surface area contributed by atoms with Gasteiger partial charge in [-0.2, -0.15) is 0 Å². The number of hydrazine groups is 1. The zero-order valence-corrected chi connectivity index (χ0v) is 14.4. The zero-order chi connectivity index (χ0) is 16.1. The summed E-state index contributed by atoms with van der Waals surface area (Å²) < 4.78 is 0. The number of benzene rings is 1. The molecule has 0 aromatic heterocycles. The maximum atomic E-state index is 13.2. The molecule has 4 aliphatic rings. The van der Waals surface area contributed by atoms with Crippen molar-refractivity contribution < 1.29 is 4.79 Å². The molecule has 24 heavy (non-hydrogen) atoms. The van der Waals surface area contributed by atoms with Gasteiger partial charge in [0.05, 0.1) is 6.54 Å². The Kier molecular flexibility index (Phi) is 3.66. The van der Waals surface area contributed by atoms with Gasteiger partial charge in [-0.25, -0.2) is 5.43 Å². The minimum absolute atomic E-state index is 0.282. The number of carbonyl (C=O) groups excluding carboxylic acids is 1. The van der Waals surface area contributed by atoms with E-state index in [-0.39, 0.29) is 5.92 Å². The summed E-state index contributed by atoms with van der Waals surface area (Å²) in [4.78, 5) is 13.2. The predicted molar refractivity (Wildman–Crippen MR) is 93.7 cm³/mol. The second kappa shape index (κ2) is 5.87. The first-order valence-electron chi connectivity index (χ1n) is 9.94. The molecule has 4 fully saturated rings. The molecule has 1 saturated heterocycles. The summed E-state index contributed by atoms with van der Waals surface area (Å²) in [5.74, 6) is 3.77. The van der Waals surface area contributed by atoms with Crippen LogP contribution < -0.4 is 5.43 Å². The van der Waals surface area contributed by atoms with Crippen LogP contribution in [0.2, 0.25) is 0 Å². The molecule has 1 amide bonds. The molecule has 3 nitrogen and oxygen atoms in total. The molecule has 1 aromatic rings. The van der Waals surface area contributed by atoms with Gasteiger partial charge < -0.3 is 0 Å². The van der Waals surface area contributed by atoms with Crippen molar-refractivity contribution in [1.82, 2.24) is 10.4 Å². The largest absolute Gasteiger partial charge is 0.273 e. The number of fused-ring (bicyclic) bond motifs is 3. The summed E-state index contributed by atoms with van der Waals surface area (Å²) in [6.45, 7) is 0.710. The minimum atomic E-state index is 0.282. The van der Waals surface area contributed by atoms with Crippen molar-refractivity contribution in [3.63, 3.8) is 0 Å².